The molecule has 3 nitrogen and oxygen atoms in total. The third-order valence-corrected chi connectivity index (χ3v) is 2.63. The van der Waals surface area contributed by atoms with Crippen LogP contribution in [0.3, 0.4) is 0 Å². The topological polar surface area (TPSA) is 44.5 Å². The fourth-order valence-corrected chi connectivity index (χ4v) is 1.97. The van der Waals surface area contributed by atoms with Gasteiger partial charge in [0, 0.05) is 6.54 Å². The molecule has 15 heavy (non-hydrogen) atoms. The zero-order valence-electron chi connectivity index (χ0n) is 8.04. The predicted octanol–water partition coefficient (Wildman–Crippen LogP) is 2.73. The van der Waals surface area contributed by atoms with Crippen molar-refractivity contribution >= 4 is 23.3 Å². The molecule has 5 heteroatoms. The van der Waals surface area contributed by atoms with Gasteiger partial charge in [-0.05, 0) is 31.3 Å². The van der Waals surface area contributed by atoms with E-state index in [-0.39, 0.29) is 5.56 Å². The molecule has 76 valence electrons. The Bertz CT molecular complexity index is 618. The van der Waals surface area contributed by atoms with Crippen molar-refractivity contribution < 1.29 is 4.39 Å². The lowest BCUT2D eigenvalue weighted by molar-refractivity contribution is 0.624. The number of H-pyrrole nitrogens is 1. The minimum Gasteiger partial charge on any atom is -0.331 e. The van der Waals surface area contributed by atoms with Crippen LogP contribution in [0.5, 0.6) is 0 Å². The number of fused-ring (bicyclic) bond motifs is 1. The van der Waals surface area contributed by atoms with Crippen molar-refractivity contribution in [1.82, 2.24) is 9.55 Å². The minimum absolute atomic E-state index is 0.0432. The Hall–Kier alpha value is -1.67. The molecule has 1 aromatic heterocycles. The average molecular weight is 221 g/mol. The molecule has 0 aliphatic heterocycles. The van der Waals surface area contributed by atoms with E-state index >= 15 is 0 Å². The Morgan fingerprint density at radius 3 is 2.93 bits per heavy atom. The molecule has 0 spiro atoms. The van der Waals surface area contributed by atoms with Gasteiger partial charge in [-0.1, -0.05) is 0 Å². The van der Waals surface area contributed by atoms with Crippen molar-refractivity contribution in [1.29, 1.82) is 5.26 Å². The maximum atomic E-state index is 13.4. The van der Waals surface area contributed by atoms with Crippen molar-refractivity contribution in [2.75, 3.05) is 0 Å². The van der Waals surface area contributed by atoms with Gasteiger partial charge in [0.1, 0.15) is 17.4 Å². The van der Waals surface area contributed by atoms with E-state index in [1.54, 1.807) is 10.6 Å². The largest absolute Gasteiger partial charge is 0.331 e. The van der Waals surface area contributed by atoms with Crippen LogP contribution in [-0.2, 0) is 6.54 Å². The summed E-state index contributed by atoms with van der Waals surface area (Å²) in [5.41, 5.74) is 1.28. The Kier molecular flexibility index (Phi) is 2.29. The second kappa shape index (κ2) is 3.48. The summed E-state index contributed by atoms with van der Waals surface area (Å²) in [7, 11) is 0. The van der Waals surface area contributed by atoms with Gasteiger partial charge in [-0.15, -0.1) is 0 Å². The van der Waals surface area contributed by atoms with E-state index in [1.165, 1.54) is 6.07 Å². The van der Waals surface area contributed by atoms with E-state index in [9.17, 15) is 4.39 Å². The van der Waals surface area contributed by atoms with Gasteiger partial charge < -0.3 is 9.55 Å². The fraction of sp³-hybridized carbons (Fsp3) is 0.200. The third kappa shape index (κ3) is 1.34. The second-order valence-electron chi connectivity index (χ2n) is 3.10. The highest BCUT2D eigenvalue weighted by atomic mass is 32.1. The molecule has 0 unspecified atom stereocenters. The highest BCUT2D eigenvalue weighted by Gasteiger charge is 2.12. The van der Waals surface area contributed by atoms with Gasteiger partial charge in [-0.3, -0.25) is 0 Å². The van der Waals surface area contributed by atoms with Crippen molar-refractivity contribution in [3.05, 3.63) is 28.3 Å². The van der Waals surface area contributed by atoms with Crippen LogP contribution in [-0.4, -0.2) is 9.55 Å². The van der Waals surface area contributed by atoms with E-state index in [0.717, 1.165) is 0 Å². The van der Waals surface area contributed by atoms with Gasteiger partial charge in [0.2, 0.25) is 0 Å². The first-order valence-corrected chi connectivity index (χ1v) is 4.91. The Morgan fingerprint density at radius 2 is 2.33 bits per heavy atom. The van der Waals surface area contributed by atoms with Crippen molar-refractivity contribution in [3.8, 4) is 6.07 Å². The van der Waals surface area contributed by atoms with Crippen LogP contribution in [0.4, 0.5) is 4.39 Å². The lowest BCUT2D eigenvalue weighted by Gasteiger charge is -2.01. The van der Waals surface area contributed by atoms with Crippen LogP contribution >= 0.6 is 12.2 Å². The van der Waals surface area contributed by atoms with Crippen molar-refractivity contribution in [2.24, 2.45) is 0 Å². The number of nitrogens with one attached hydrogen (secondary N) is 1. The lowest BCUT2D eigenvalue weighted by atomic mass is 10.2. The van der Waals surface area contributed by atoms with Gasteiger partial charge in [0.05, 0.1) is 11.0 Å². The summed E-state index contributed by atoms with van der Waals surface area (Å²) in [6, 6.07) is 4.72. The summed E-state index contributed by atoms with van der Waals surface area (Å²) in [6.45, 7) is 2.51. The summed E-state index contributed by atoms with van der Waals surface area (Å²) in [6.07, 6.45) is 0. The lowest BCUT2D eigenvalue weighted by Crippen LogP contribution is -1.96. The summed E-state index contributed by atoms with van der Waals surface area (Å²) in [5.74, 6) is -0.513. The van der Waals surface area contributed by atoms with Crippen LogP contribution in [0.15, 0.2) is 12.1 Å². The first kappa shape index (κ1) is 9.87. The molecule has 0 bridgehead atoms. The molecule has 2 rings (SSSR count). The SMILES string of the molecule is CCn1c(=S)[nH]c2ccc(F)c(C#N)c21. The molecule has 1 aromatic carbocycles. The van der Waals surface area contributed by atoms with Gasteiger partial charge >= 0.3 is 0 Å². The normalized spacial score (nSPS) is 10.5. The third-order valence-electron chi connectivity index (χ3n) is 2.31. The molecule has 0 fully saturated rings. The molecule has 0 saturated heterocycles. The number of imidazole rings is 1. The zero-order chi connectivity index (χ0) is 11.0. The van der Waals surface area contributed by atoms with Crippen LogP contribution < -0.4 is 0 Å². The minimum atomic E-state index is -0.513. The quantitative estimate of drug-likeness (QED) is 0.752. The standard InChI is InChI=1S/C10H8FN3S/c1-2-14-9-6(5-12)7(11)3-4-8(9)13-10(14)15/h3-4H,2H2,1H3,(H,13,15). The van der Waals surface area contributed by atoms with Gasteiger partial charge in [-0.25, -0.2) is 4.39 Å². The molecule has 0 saturated carbocycles. The first-order valence-electron chi connectivity index (χ1n) is 4.50. The van der Waals surface area contributed by atoms with E-state index in [1.807, 2.05) is 13.0 Å². The number of nitrogens with zero attached hydrogens (tertiary/aromatic N) is 2. The smallest absolute Gasteiger partial charge is 0.178 e. The number of hydrogen-bond acceptors (Lipinski definition) is 2. The van der Waals surface area contributed by atoms with Crippen molar-refractivity contribution in [3.63, 3.8) is 0 Å². The van der Waals surface area contributed by atoms with E-state index in [4.69, 9.17) is 17.5 Å². The van der Waals surface area contributed by atoms with Crippen LogP contribution in [0.1, 0.15) is 12.5 Å². The molecule has 0 aliphatic rings. The maximum Gasteiger partial charge on any atom is 0.178 e. The van der Waals surface area contributed by atoms with Gasteiger partial charge in [-0.2, -0.15) is 5.26 Å². The highest BCUT2D eigenvalue weighted by molar-refractivity contribution is 7.71. The van der Waals surface area contributed by atoms with Crippen LogP contribution in [0.2, 0.25) is 0 Å². The number of nitriles is 1. The zero-order valence-corrected chi connectivity index (χ0v) is 8.86. The first-order chi connectivity index (χ1) is 7.19. The monoisotopic (exact) mass is 221 g/mol. The van der Waals surface area contributed by atoms with Gasteiger partial charge in [0.15, 0.2) is 4.77 Å². The number of hydrogen-bond donors (Lipinski definition) is 1. The molecular formula is C10H8FN3S. The molecule has 1 heterocycles. The number of aromatic nitrogens is 2. The molecule has 0 atom stereocenters. The Morgan fingerprint density at radius 1 is 1.60 bits per heavy atom. The predicted molar refractivity (Wildman–Crippen MR) is 57.5 cm³/mol. The maximum absolute atomic E-state index is 13.4. The number of aromatic amines is 1. The second-order valence-corrected chi connectivity index (χ2v) is 3.49. The fourth-order valence-electron chi connectivity index (χ4n) is 1.64. The van der Waals surface area contributed by atoms with Crippen LogP contribution in [0.25, 0.3) is 11.0 Å². The van der Waals surface area contributed by atoms with E-state index < -0.39 is 5.82 Å². The molecule has 0 amide bonds. The number of benzene rings is 1. The number of aryl methyl sites for hydroxylation is 1. The molecule has 2 aromatic rings. The number of rotatable bonds is 1. The number of halogens is 1. The summed E-state index contributed by atoms with van der Waals surface area (Å²) < 4.78 is 15.6. The summed E-state index contributed by atoms with van der Waals surface area (Å²) >= 11 is 5.08. The van der Waals surface area contributed by atoms with E-state index in [2.05, 4.69) is 4.98 Å². The van der Waals surface area contributed by atoms with Gasteiger partial charge in [0.25, 0.3) is 0 Å². The molecular weight excluding hydrogens is 213 g/mol. The molecule has 0 radical (unpaired) electrons. The average Bonchev–Trinajstić information content (AvgIpc) is 2.54. The Labute approximate surface area is 90.8 Å². The highest BCUT2D eigenvalue weighted by Crippen LogP contribution is 2.21. The van der Waals surface area contributed by atoms with E-state index in [0.29, 0.717) is 22.3 Å². The molecule has 1 N–H and O–H groups in total. The Balaban J connectivity index is 3.02. The van der Waals surface area contributed by atoms with Crippen LogP contribution in [0, 0.1) is 21.9 Å². The summed E-state index contributed by atoms with van der Waals surface area (Å²) in [5, 5.41) is 8.89. The van der Waals surface area contributed by atoms with Crippen molar-refractivity contribution in [2.45, 2.75) is 13.5 Å². The molecule has 0 aliphatic carbocycles. The summed E-state index contributed by atoms with van der Waals surface area (Å²) in [4.78, 5) is 2.94.